The van der Waals surface area contributed by atoms with E-state index in [1.54, 1.807) is 18.3 Å². The van der Waals surface area contributed by atoms with Crippen molar-refractivity contribution < 1.29 is 4.39 Å². The molecule has 0 aliphatic rings. The third-order valence-corrected chi connectivity index (χ3v) is 3.52. The van der Waals surface area contributed by atoms with Gasteiger partial charge in [0.15, 0.2) is 0 Å². The summed E-state index contributed by atoms with van der Waals surface area (Å²) in [6.07, 6.45) is 4.43. The molecule has 3 aromatic rings. The van der Waals surface area contributed by atoms with Crippen LogP contribution in [0.3, 0.4) is 0 Å². The molecular weight excluding hydrogens is 263 g/mol. The van der Waals surface area contributed by atoms with Gasteiger partial charge in [-0.2, -0.15) is 0 Å². The van der Waals surface area contributed by atoms with Gasteiger partial charge >= 0.3 is 0 Å². The molecule has 2 nitrogen and oxygen atoms in total. The van der Waals surface area contributed by atoms with E-state index >= 15 is 0 Å². The first-order chi connectivity index (χ1) is 10.2. The summed E-state index contributed by atoms with van der Waals surface area (Å²) in [5, 5.41) is 5.75. The Morgan fingerprint density at radius 3 is 2.86 bits per heavy atom. The van der Waals surface area contributed by atoms with Gasteiger partial charge in [-0.05, 0) is 48.6 Å². The number of fused-ring (bicyclic) bond motifs is 1. The van der Waals surface area contributed by atoms with E-state index in [2.05, 4.69) is 23.3 Å². The zero-order chi connectivity index (χ0) is 14.7. The van der Waals surface area contributed by atoms with E-state index in [1.165, 1.54) is 6.07 Å². The third kappa shape index (κ3) is 3.19. The van der Waals surface area contributed by atoms with Crippen LogP contribution in [0.25, 0.3) is 10.8 Å². The maximum absolute atomic E-state index is 13.2. The first-order valence-electron chi connectivity index (χ1n) is 7.06. The van der Waals surface area contributed by atoms with Crippen LogP contribution < -0.4 is 5.32 Å². The smallest absolute Gasteiger partial charge is 0.123 e. The lowest BCUT2D eigenvalue weighted by Gasteiger charge is -2.17. The minimum absolute atomic E-state index is 0.186. The van der Waals surface area contributed by atoms with Crippen LogP contribution in [0, 0.1) is 5.82 Å². The molecule has 0 amide bonds. The van der Waals surface area contributed by atoms with Crippen molar-refractivity contribution in [3.8, 4) is 0 Å². The number of anilines is 1. The number of hydrogen-bond donors (Lipinski definition) is 1. The topological polar surface area (TPSA) is 24.9 Å². The highest BCUT2D eigenvalue weighted by atomic mass is 19.1. The largest absolute Gasteiger partial charge is 0.382 e. The number of aromatic nitrogens is 1. The van der Waals surface area contributed by atoms with E-state index in [0.717, 1.165) is 28.4 Å². The molecule has 0 radical (unpaired) electrons. The van der Waals surface area contributed by atoms with Crippen LogP contribution in [0.1, 0.15) is 12.5 Å². The van der Waals surface area contributed by atoms with Crippen molar-refractivity contribution in [1.82, 2.24) is 4.98 Å². The molecular formula is C18H17FN2. The van der Waals surface area contributed by atoms with Crippen LogP contribution in [-0.2, 0) is 6.42 Å². The van der Waals surface area contributed by atoms with E-state index in [1.807, 2.05) is 30.5 Å². The number of nitrogens with zero attached hydrogens (tertiary/aromatic N) is 1. The number of nitrogens with one attached hydrogen (secondary N) is 1. The van der Waals surface area contributed by atoms with E-state index in [4.69, 9.17) is 0 Å². The molecule has 1 atom stereocenters. The normalized spacial score (nSPS) is 12.3. The van der Waals surface area contributed by atoms with Crippen LogP contribution >= 0.6 is 0 Å². The van der Waals surface area contributed by atoms with Crippen LogP contribution in [0.2, 0.25) is 0 Å². The van der Waals surface area contributed by atoms with Gasteiger partial charge < -0.3 is 5.32 Å². The molecule has 0 saturated heterocycles. The molecule has 3 rings (SSSR count). The predicted molar refractivity (Wildman–Crippen MR) is 84.9 cm³/mol. The van der Waals surface area contributed by atoms with Gasteiger partial charge in [0, 0.05) is 29.5 Å². The van der Waals surface area contributed by atoms with Gasteiger partial charge in [0.25, 0.3) is 0 Å². The van der Waals surface area contributed by atoms with Crippen LogP contribution in [0.15, 0.2) is 60.9 Å². The Bertz CT molecular complexity index is 750. The van der Waals surface area contributed by atoms with Gasteiger partial charge in [-0.3, -0.25) is 4.98 Å². The number of halogens is 1. The van der Waals surface area contributed by atoms with Gasteiger partial charge in [-0.25, -0.2) is 4.39 Å². The van der Waals surface area contributed by atoms with Crippen molar-refractivity contribution in [2.24, 2.45) is 0 Å². The SMILES string of the molecule is CC(Cc1cccc(F)c1)Nc1cccc2ccncc12. The maximum atomic E-state index is 13.2. The van der Waals surface area contributed by atoms with Crippen LogP contribution in [0.4, 0.5) is 10.1 Å². The molecule has 0 aliphatic carbocycles. The molecule has 0 spiro atoms. The fourth-order valence-corrected chi connectivity index (χ4v) is 2.57. The second-order valence-corrected chi connectivity index (χ2v) is 5.28. The highest BCUT2D eigenvalue weighted by Crippen LogP contribution is 2.23. The summed E-state index contributed by atoms with van der Waals surface area (Å²) in [6, 6.07) is 15.1. The lowest BCUT2D eigenvalue weighted by molar-refractivity contribution is 0.624. The third-order valence-electron chi connectivity index (χ3n) is 3.52. The summed E-state index contributed by atoms with van der Waals surface area (Å²) in [5.74, 6) is -0.186. The molecule has 1 heterocycles. The standard InChI is InChI=1S/C18H17FN2/c1-13(10-14-4-2-6-16(19)11-14)21-18-7-3-5-15-8-9-20-12-17(15)18/h2-9,11-13,21H,10H2,1H3. The van der Waals surface area contributed by atoms with Crippen molar-refractivity contribution in [3.63, 3.8) is 0 Å². The Labute approximate surface area is 123 Å². The summed E-state index contributed by atoms with van der Waals surface area (Å²) in [6.45, 7) is 2.10. The fraction of sp³-hybridized carbons (Fsp3) is 0.167. The first kappa shape index (κ1) is 13.6. The Balaban J connectivity index is 1.79. The summed E-state index contributed by atoms with van der Waals surface area (Å²) in [7, 11) is 0. The van der Waals surface area contributed by atoms with Gasteiger partial charge in [-0.1, -0.05) is 24.3 Å². The molecule has 0 fully saturated rings. The Morgan fingerprint density at radius 2 is 2.00 bits per heavy atom. The van der Waals surface area contributed by atoms with Crippen molar-refractivity contribution in [3.05, 3.63) is 72.3 Å². The minimum atomic E-state index is -0.186. The van der Waals surface area contributed by atoms with E-state index in [0.29, 0.717) is 0 Å². The second kappa shape index (κ2) is 5.92. The van der Waals surface area contributed by atoms with Gasteiger partial charge in [0.2, 0.25) is 0 Å². The van der Waals surface area contributed by atoms with E-state index < -0.39 is 0 Å². The molecule has 1 N–H and O–H groups in total. The summed E-state index contributed by atoms with van der Waals surface area (Å²) >= 11 is 0. The van der Waals surface area contributed by atoms with Gasteiger partial charge in [0.05, 0.1) is 0 Å². The lowest BCUT2D eigenvalue weighted by Crippen LogP contribution is -2.18. The Hall–Kier alpha value is -2.42. The molecule has 21 heavy (non-hydrogen) atoms. The first-order valence-corrected chi connectivity index (χ1v) is 7.06. The summed E-state index contributed by atoms with van der Waals surface area (Å²) in [5.41, 5.74) is 2.05. The molecule has 2 aromatic carbocycles. The number of pyridine rings is 1. The molecule has 0 bridgehead atoms. The van der Waals surface area contributed by atoms with Gasteiger partial charge in [-0.15, -0.1) is 0 Å². The van der Waals surface area contributed by atoms with Crippen molar-refractivity contribution >= 4 is 16.5 Å². The summed E-state index contributed by atoms with van der Waals surface area (Å²) < 4.78 is 13.2. The molecule has 106 valence electrons. The summed E-state index contributed by atoms with van der Waals surface area (Å²) in [4.78, 5) is 4.19. The predicted octanol–water partition coefficient (Wildman–Crippen LogP) is 4.42. The van der Waals surface area contributed by atoms with Crippen molar-refractivity contribution in [2.45, 2.75) is 19.4 Å². The minimum Gasteiger partial charge on any atom is -0.382 e. The van der Waals surface area contributed by atoms with Crippen LogP contribution in [0.5, 0.6) is 0 Å². The maximum Gasteiger partial charge on any atom is 0.123 e. The lowest BCUT2D eigenvalue weighted by atomic mass is 10.1. The number of benzene rings is 2. The molecule has 1 unspecified atom stereocenters. The van der Waals surface area contributed by atoms with E-state index in [-0.39, 0.29) is 11.9 Å². The van der Waals surface area contributed by atoms with Crippen LogP contribution in [-0.4, -0.2) is 11.0 Å². The average molecular weight is 280 g/mol. The average Bonchev–Trinajstić information content (AvgIpc) is 2.47. The zero-order valence-corrected chi connectivity index (χ0v) is 11.9. The van der Waals surface area contributed by atoms with E-state index in [9.17, 15) is 4.39 Å². The quantitative estimate of drug-likeness (QED) is 0.765. The molecule has 3 heteroatoms. The van der Waals surface area contributed by atoms with Crippen molar-refractivity contribution in [2.75, 3.05) is 5.32 Å². The molecule has 0 aliphatic heterocycles. The Kier molecular flexibility index (Phi) is 3.82. The fourth-order valence-electron chi connectivity index (χ4n) is 2.57. The number of hydrogen-bond acceptors (Lipinski definition) is 2. The number of rotatable bonds is 4. The van der Waals surface area contributed by atoms with Gasteiger partial charge in [0.1, 0.15) is 5.82 Å². The monoisotopic (exact) mass is 280 g/mol. The Morgan fingerprint density at radius 1 is 1.14 bits per heavy atom. The highest BCUT2D eigenvalue weighted by Gasteiger charge is 2.07. The molecule has 1 aromatic heterocycles. The van der Waals surface area contributed by atoms with Crippen molar-refractivity contribution in [1.29, 1.82) is 0 Å². The second-order valence-electron chi connectivity index (χ2n) is 5.28. The highest BCUT2D eigenvalue weighted by molar-refractivity contribution is 5.93. The zero-order valence-electron chi connectivity index (χ0n) is 11.9. The molecule has 0 saturated carbocycles.